The molecule has 5 nitrogen and oxygen atoms in total. The van der Waals surface area contributed by atoms with Crippen molar-refractivity contribution in [2.75, 3.05) is 6.54 Å². The van der Waals surface area contributed by atoms with Gasteiger partial charge in [-0.3, -0.25) is 4.79 Å². The smallest absolute Gasteiger partial charge is 0.276 e. The van der Waals surface area contributed by atoms with Gasteiger partial charge in [0, 0.05) is 12.6 Å². The molecule has 2 rings (SSSR count). The topological polar surface area (TPSA) is 67.6 Å². The highest BCUT2D eigenvalue weighted by atomic mass is 32.2. The number of carbonyl (C=O) groups is 1. The predicted molar refractivity (Wildman–Crippen MR) is 65.9 cm³/mol. The lowest BCUT2D eigenvalue weighted by Crippen LogP contribution is -2.33. The fourth-order valence-electron chi connectivity index (χ4n) is 1.83. The number of rotatable bonds is 7. The molecule has 18 heavy (non-hydrogen) atoms. The minimum absolute atomic E-state index is 0.0415. The fraction of sp³-hybridized carbons (Fsp3) is 0.583. The van der Waals surface area contributed by atoms with Crippen molar-refractivity contribution < 1.29 is 17.6 Å². The van der Waals surface area contributed by atoms with Gasteiger partial charge in [-0.25, -0.2) is 8.42 Å². The molecule has 1 aromatic rings. The van der Waals surface area contributed by atoms with Crippen LogP contribution in [0.5, 0.6) is 0 Å². The summed E-state index contributed by atoms with van der Waals surface area (Å²) in [5.41, 5.74) is 0. The quantitative estimate of drug-likeness (QED) is 0.712. The molecule has 0 aromatic carbocycles. The van der Waals surface area contributed by atoms with Crippen molar-refractivity contribution in [3.63, 3.8) is 0 Å². The second-order valence-electron chi connectivity index (χ2n) is 4.48. The van der Waals surface area contributed by atoms with Crippen molar-refractivity contribution >= 4 is 16.3 Å². The maximum absolute atomic E-state index is 12.4. The highest BCUT2D eigenvalue weighted by Gasteiger charge is 2.39. The number of sulfonamides is 1. The molecule has 0 bridgehead atoms. The Hall–Kier alpha value is -1.14. The number of hydrogen-bond acceptors (Lipinski definition) is 4. The summed E-state index contributed by atoms with van der Waals surface area (Å²) in [6.07, 6.45) is 4.09. The average Bonchev–Trinajstić information content (AvgIpc) is 3.05. The Balaban J connectivity index is 2.23. The standard InChI is InChI=1S/C12H17NO4S/c1-2-3-8-13(10-4-5-10)18(15,16)12-7-6-11(9-14)17-12/h6-7,9-10H,2-5,8H2,1H3. The largest absolute Gasteiger partial charge is 0.440 e. The number of furan rings is 1. The van der Waals surface area contributed by atoms with Crippen LogP contribution in [-0.2, 0) is 10.0 Å². The van der Waals surface area contributed by atoms with Crippen LogP contribution < -0.4 is 0 Å². The molecule has 0 saturated heterocycles. The Morgan fingerprint density at radius 1 is 1.44 bits per heavy atom. The maximum Gasteiger partial charge on any atom is 0.276 e. The van der Waals surface area contributed by atoms with E-state index >= 15 is 0 Å². The Labute approximate surface area is 107 Å². The number of unbranched alkanes of at least 4 members (excludes halogenated alkanes) is 1. The van der Waals surface area contributed by atoms with Crippen molar-refractivity contribution in [3.8, 4) is 0 Å². The summed E-state index contributed by atoms with van der Waals surface area (Å²) in [4.78, 5) is 10.5. The molecule has 0 spiro atoms. The van der Waals surface area contributed by atoms with Gasteiger partial charge < -0.3 is 4.42 Å². The molecule has 1 heterocycles. The molecule has 0 unspecified atom stereocenters. The van der Waals surface area contributed by atoms with Gasteiger partial charge in [-0.1, -0.05) is 13.3 Å². The SMILES string of the molecule is CCCCN(C1CC1)S(=O)(=O)c1ccc(C=O)o1. The number of carbonyl (C=O) groups excluding carboxylic acids is 1. The van der Waals surface area contributed by atoms with Crippen molar-refractivity contribution in [3.05, 3.63) is 17.9 Å². The highest BCUT2D eigenvalue weighted by molar-refractivity contribution is 7.89. The Kier molecular flexibility index (Phi) is 3.87. The average molecular weight is 271 g/mol. The lowest BCUT2D eigenvalue weighted by molar-refractivity contribution is 0.109. The first kappa shape index (κ1) is 13.3. The van der Waals surface area contributed by atoms with Gasteiger partial charge in [0.05, 0.1) is 0 Å². The zero-order chi connectivity index (χ0) is 13.2. The van der Waals surface area contributed by atoms with Gasteiger partial charge in [0.1, 0.15) is 0 Å². The minimum atomic E-state index is -3.59. The molecule has 0 aliphatic heterocycles. The van der Waals surface area contributed by atoms with E-state index < -0.39 is 10.0 Å². The van der Waals surface area contributed by atoms with Crippen LogP contribution >= 0.6 is 0 Å². The fourth-order valence-corrected chi connectivity index (χ4v) is 3.47. The summed E-state index contributed by atoms with van der Waals surface area (Å²) in [6, 6.07) is 2.83. The molecule has 100 valence electrons. The molecule has 1 fully saturated rings. The summed E-state index contributed by atoms with van der Waals surface area (Å²) in [5, 5.41) is -0.132. The second kappa shape index (κ2) is 5.24. The van der Waals surface area contributed by atoms with Gasteiger partial charge in [-0.15, -0.1) is 0 Å². The lowest BCUT2D eigenvalue weighted by atomic mass is 10.3. The van der Waals surface area contributed by atoms with E-state index in [0.717, 1.165) is 25.7 Å². The Bertz CT molecular complexity index is 516. The summed E-state index contributed by atoms with van der Waals surface area (Å²) in [5.74, 6) is 0.0415. The summed E-state index contributed by atoms with van der Waals surface area (Å²) >= 11 is 0. The van der Waals surface area contributed by atoms with Crippen LogP contribution in [0.4, 0.5) is 0 Å². The number of nitrogens with zero attached hydrogens (tertiary/aromatic N) is 1. The second-order valence-corrected chi connectivity index (χ2v) is 6.30. The van der Waals surface area contributed by atoms with Crippen molar-refractivity contribution in [2.45, 2.75) is 43.7 Å². The van der Waals surface area contributed by atoms with E-state index in [4.69, 9.17) is 4.42 Å². The molecule has 0 atom stereocenters. The molecule has 0 radical (unpaired) electrons. The summed E-state index contributed by atoms with van der Waals surface area (Å²) < 4.78 is 31.3. The molecule has 1 aromatic heterocycles. The zero-order valence-corrected chi connectivity index (χ0v) is 11.1. The first-order valence-corrected chi connectivity index (χ1v) is 7.60. The molecular formula is C12H17NO4S. The Morgan fingerprint density at radius 2 is 2.17 bits per heavy atom. The van der Waals surface area contributed by atoms with Crippen LogP contribution in [0.25, 0.3) is 0 Å². The first-order chi connectivity index (χ1) is 8.59. The normalized spacial score (nSPS) is 16.1. The van der Waals surface area contributed by atoms with Crippen molar-refractivity contribution in [2.24, 2.45) is 0 Å². The molecule has 1 saturated carbocycles. The van der Waals surface area contributed by atoms with Crippen LogP contribution in [0.3, 0.4) is 0 Å². The van der Waals surface area contributed by atoms with Crippen molar-refractivity contribution in [1.82, 2.24) is 4.31 Å². The van der Waals surface area contributed by atoms with E-state index in [2.05, 4.69) is 0 Å². The zero-order valence-electron chi connectivity index (χ0n) is 10.3. The van der Waals surface area contributed by atoms with E-state index in [9.17, 15) is 13.2 Å². The Morgan fingerprint density at radius 3 is 2.67 bits per heavy atom. The molecule has 0 amide bonds. The lowest BCUT2D eigenvalue weighted by Gasteiger charge is -2.19. The van der Waals surface area contributed by atoms with Crippen molar-refractivity contribution in [1.29, 1.82) is 0 Å². The van der Waals surface area contributed by atoms with Gasteiger partial charge in [0.2, 0.25) is 5.09 Å². The summed E-state index contributed by atoms with van der Waals surface area (Å²) in [7, 11) is -3.59. The molecule has 1 aliphatic carbocycles. The van der Waals surface area contributed by atoms with Gasteiger partial charge >= 0.3 is 0 Å². The van der Waals surface area contributed by atoms with Crippen LogP contribution in [0.15, 0.2) is 21.6 Å². The minimum Gasteiger partial charge on any atom is -0.440 e. The third-order valence-electron chi connectivity index (χ3n) is 2.97. The predicted octanol–water partition coefficient (Wildman–Crippen LogP) is 2.05. The highest BCUT2D eigenvalue weighted by Crippen LogP contribution is 2.32. The van der Waals surface area contributed by atoms with Gasteiger partial charge in [0.25, 0.3) is 10.0 Å². The third kappa shape index (κ3) is 2.64. The van der Waals surface area contributed by atoms with Crippen LogP contribution in [0.2, 0.25) is 0 Å². The third-order valence-corrected chi connectivity index (χ3v) is 4.79. The molecular weight excluding hydrogens is 254 g/mol. The molecule has 6 heteroatoms. The van der Waals surface area contributed by atoms with E-state index in [1.165, 1.54) is 16.4 Å². The van der Waals surface area contributed by atoms with Crippen LogP contribution in [0.1, 0.15) is 43.2 Å². The maximum atomic E-state index is 12.4. The van der Waals surface area contributed by atoms with Crippen LogP contribution in [0, 0.1) is 0 Å². The van der Waals surface area contributed by atoms with Crippen LogP contribution in [-0.4, -0.2) is 31.6 Å². The number of aldehydes is 1. The monoisotopic (exact) mass is 271 g/mol. The molecule has 0 N–H and O–H groups in total. The number of hydrogen-bond donors (Lipinski definition) is 0. The van der Waals surface area contributed by atoms with E-state index in [1.807, 2.05) is 6.92 Å². The van der Waals surface area contributed by atoms with E-state index in [0.29, 0.717) is 12.8 Å². The van der Waals surface area contributed by atoms with Gasteiger partial charge in [-0.2, -0.15) is 4.31 Å². The van der Waals surface area contributed by atoms with E-state index in [-0.39, 0.29) is 16.9 Å². The van der Waals surface area contributed by atoms with Gasteiger partial charge in [0.15, 0.2) is 12.0 Å². The van der Waals surface area contributed by atoms with E-state index in [1.54, 1.807) is 0 Å². The summed E-state index contributed by atoms with van der Waals surface area (Å²) in [6.45, 7) is 2.54. The first-order valence-electron chi connectivity index (χ1n) is 6.16. The van der Waals surface area contributed by atoms with Gasteiger partial charge in [-0.05, 0) is 31.4 Å². The molecule has 1 aliphatic rings.